The maximum absolute atomic E-state index is 5.81. The van der Waals surface area contributed by atoms with Gasteiger partial charge in [-0.2, -0.15) is 0 Å². The first-order valence-electron chi connectivity index (χ1n) is 6.15. The van der Waals surface area contributed by atoms with Gasteiger partial charge in [0.1, 0.15) is 9.86 Å². The SMILES string of the molecule is COc1ccccc1-c1ncccc1COC(I)CI. The minimum absolute atomic E-state index is 0.207. The maximum Gasteiger partial charge on any atom is 0.128 e. The van der Waals surface area contributed by atoms with Crippen LogP contribution < -0.4 is 4.74 Å². The van der Waals surface area contributed by atoms with E-state index in [1.54, 1.807) is 13.3 Å². The molecule has 1 aromatic heterocycles. The number of aromatic nitrogens is 1. The molecule has 0 bridgehead atoms. The van der Waals surface area contributed by atoms with Crippen LogP contribution in [0.15, 0.2) is 42.6 Å². The Bertz CT molecular complexity index is 563. The fourth-order valence-corrected chi connectivity index (χ4v) is 2.30. The number of pyridine rings is 1. The van der Waals surface area contributed by atoms with Gasteiger partial charge in [-0.3, -0.25) is 4.98 Å². The Kier molecular flexibility index (Phi) is 6.50. The highest BCUT2D eigenvalue weighted by molar-refractivity contribution is 14.1. The molecule has 0 saturated heterocycles. The molecule has 106 valence electrons. The van der Waals surface area contributed by atoms with Crippen molar-refractivity contribution in [2.45, 2.75) is 10.7 Å². The van der Waals surface area contributed by atoms with E-state index in [1.807, 2.05) is 36.4 Å². The van der Waals surface area contributed by atoms with Gasteiger partial charge in [0.15, 0.2) is 0 Å². The number of alkyl halides is 2. The van der Waals surface area contributed by atoms with E-state index in [9.17, 15) is 0 Å². The number of benzene rings is 1. The summed E-state index contributed by atoms with van der Waals surface area (Å²) in [5.41, 5.74) is 2.99. The van der Waals surface area contributed by atoms with Crippen LogP contribution in [0.2, 0.25) is 0 Å². The highest BCUT2D eigenvalue weighted by atomic mass is 127. The molecule has 20 heavy (non-hydrogen) atoms. The van der Waals surface area contributed by atoms with Crippen LogP contribution in [0.5, 0.6) is 5.75 Å². The standard InChI is InChI=1S/C15H15I2NO2/c1-19-13-7-3-2-6-12(13)15-11(5-4-8-18-15)10-20-14(17)9-16/h2-8,14H,9-10H2,1H3. The number of rotatable bonds is 6. The van der Waals surface area contributed by atoms with Gasteiger partial charge in [-0.05, 0) is 18.2 Å². The third kappa shape index (κ3) is 4.05. The van der Waals surface area contributed by atoms with E-state index in [2.05, 4.69) is 50.2 Å². The zero-order valence-electron chi connectivity index (χ0n) is 11.1. The van der Waals surface area contributed by atoms with Gasteiger partial charge >= 0.3 is 0 Å². The predicted molar refractivity (Wildman–Crippen MR) is 97.7 cm³/mol. The second kappa shape index (κ2) is 8.14. The lowest BCUT2D eigenvalue weighted by Gasteiger charge is -2.13. The molecule has 0 fully saturated rings. The molecule has 2 aromatic rings. The Balaban J connectivity index is 2.32. The van der Waals surface area contributed by atoms with Crippen molar-refractivity contribution in [2.75, 3.05) is 11.5 Å². The Morgan fingerprint density at radius 2 is 2.00 bits per heavy atom. The maximum atomic E-state index is 5.81. The van der Waals surface area contributed by atoms with E-state index in [1.165, 1.54) is 0 Å². The van der Waals surface area contributed by atoms with Gasteiger partial charge in [0, 0.05) is 21.8 Å². The van der Waals surface area contributed by atoms with Crippen LogP contribution in [0.3, 0.4) is 0 Å². The fraction of sp³-hybridized carbons (Fsp3) is 0.267. The number of methoxy groups -OCH3 is 1. The Morgan fingerprint density at radius 1 is 1.20 bits per heavy atom. The average Bonchev–Trinajstić information content (AvgIpc) is 2.52. The summed E-state index contributed by atoms with van der Waals surface area (Å²) in [6.45, 7) is 0.553. The third-order valence-electron chi connectivity index (χ3n) is 2.79. The molecule has 2 rings (SSSR count). The highest BCUT2D eigenvalue weighted by Gasteiger charge is 2.12. The summed E-state index contributed by atoms with van der Waals surface area (Å²) in [6.07, 6.45) is 1.80. The lowest BCUT2D eigenvalue weighted by Crippen LogP contribution is -2.06. The molecule has 0 spiro atoms. The van der Waals surface area contributed by atoms with E-state index in [0.29, 0.717) is 6.61 Å². The van der Waals surface area contributed by atoms with Gasteiger partial charge in [-0.25, -0.2) is 0 Å². The Labute approximate surface area is 146 Å². The van der Waals surface area contributed by atoms with Crippen molar-refractivity contribution < 1.29 is 9.47 Å². The number of halogens is 2. The van der Waals surface area contributed by atoms with Crippen LogP contribution in [-0.4, -0.2) is 20.6 Å². The minimum atomic E-state index is 0.207. The van der Waals surface area contributed by atoms with Crippen molar-refractivity contribution in [3.05, 3.63) is 48.2 Å². The van der Waals surface area contributed by atoms with E-state index < -0.39 is 0 Å². The highest BCUT2D eigenvalue weighted by Crippen LogP contribution is 2.30. The molecule has 0 aliphatic carbocycles. The van der Waals surface area contributed by atoms with E-state index >= 15 is 0 Å². The zero-order valence-corrected chi connectivity index (χ0v) is 15.4. The van der Waals surface area contributed by atoms with Crippen molar-refractivity contribution in [3.63, 3.8) is 0 Å². The second-order valence-electron chi connectivity index (χ2n) is 4.09. The first-order chi connectivity index (χ1) is 9.76. The molecule has 0 N–H and O–H groups in total. The average molecular weight is 495 g/mol. The van der Waals surface area contributed by atoms with Gasteiger partial charge in [-0.15, -0.1) is 0 Å². The molecule has 0 aliphatic rings. The van der Waals surface area contributed by atoms with Crippen molar-refractivity contribution in [3.8, 4) is 17.0 Å². The summed E-state index contributed by atoms with van der Waals surface area (Å²) in [5.74, 6) is 0.826. The quantitative estimate of drug-likeness (QED) is 0.438. The van der Waals surface area contributed by atoms with Crippen LogP contribution in [-0.2, 0) is 11.3 Å². The minimum Gasteiger partial charge on any atom is -0.496 e. The number of nitrogens with zero attached hydrogens (tertiary/aromatic N) is 1. The zero-order chi connectivity index (χ0) is 14.4. The van der Waals surface area contributed by atoms with Gasteiger partial charge in [0.25, 0.3) is 0 Å². The molecule has 0 aliphatic heterocycles. The van der Waals surface area contributed by atoms with E-state index in [4.69, 9.17) is 9.47 Å². The molecule has 0 radical (unpaired) electrons. The molecule has 3 nitrogen and oxygen atoms in total. The summed E-state index contributed by atoms with van der Waals surface area (Å²) < 4.78 is 12.4. The lowest BCUT2D eigenvalue weighted by molar-refractivity contribution is 0.125. The van der Waals surface area contributed by atoms with Crippen molar-refractivity contribution >= 4 is 45.2 Å². The molecule has 1 heterocycles. The van der Waals surface area contributed by atoms with Crippen LogP contribution in [0, 0.1) is 0 Å². The van der Waals surface area contributed by atoms with Crippen molar-refractivity contribution in [1.29, 1.82) is 0 Å². The predicted octanol–water partition coefficient (Wildman–Crippen LogP) is 4.47. The molecular weight excluding hydrogens is 480 g/mol. The summed E-state index contributed by atoms with van der Waals surface area (Å²) in [5, 5.41) is 0. The van der Waals surface area contributed by atoms with Crippen molar-refractivity contribution in [2.24, 2.45) is 0 Å². The number of ether oxygens (including phenoxy) is 2. The summed E-state index contributed by atoms with van der Waals surface area (Å²) in [4.78, 5) is 4.50. The number of hydrogen-bond donors (Lipinski definition) is 0. The Hall–Kier alpha value is -0.410. The normalized spacial score (nSPS) is 12.2. The monoisotopic (exact) mass is 495 g/mol. The summed E-state index contributed by atoms with van der Waals surface area (Å²) >= 11 is 4.62. The lowest BCUT2D eigenvalue weighted by atomic mass is 10.1. The molecule has 0 saturated carbocycles. The van der Waals surface area contributed by atoms with Gasteiger partial charge < -0.3 is 9.47 Å². The van der Waals surface area contributed by atoms with Crippen molar-refractivity contribution in [1.82, 2.24) is 4.98 Å². The van der Waals surface area contributed by atoms with Crippen LogP contribution in [0.25, 0.3) is 11.3 Å². The van der Waals surface area contributed by atoms with Gasteiger partial charge in [0.2, 0.25) is 0 Å². The van der Waals surface area contributed by atoms with Crippen LogP contribution in [0.1, 0.15) is 5.56 Å². The molecule has 1 atom stereocenters. The molecule has 1 unspecified atom stereocenters. The summed E-state index contributed by atoms with van der Waals surface area (Å²) in [6, 6.07) is 11.9. The molecule has 0 amide bonds. The fourth-order valence-electron chi connectivity index (χ4n) is 1.86. The van der Waals surface area contributed by atoms with Gasteiger partial charge in [0.05, 0.1) is 19.4 Å². The van der Waals surface area contributed by atoms with Crippen LogP contribution >= 0.6 is 45.2 Å². The van der Waals surface area contributed by atoms with E-state index in [0.717, 1.165) is 27.0 Å². The first-order valence-corrected chi connectivity index (χ1v) is 8.92. The topological polar surface area (TPSA) is 31.4 Å². The van der Waals surface area contributed by atoms with E-state index in [-0.39, 0.29) is 4.11 Å². The second-order valence-corrected chi connectivity index (χ2v) is 6.36. The van der Waals surface area contributed by atoms with Crippen LogP contribution in [0.4, 0.5) is 0 Å². The first kappa shape index (κ1) is 16.0. The molecule has 5 heteroatoms. The number of hydrogen-bond acceptors (Lipinski definition) is 3. The molecule has 1 aromatic carbocycles. The smallest absolute Gasteiger partial charge is 0.128 e. The number of para-hydroxylation sites is 1. The third-order valence-corrected chi connectivity index (χ3v) is 6.08. The Morgan fingerprint density at radius 3 is 2.75 bits per heavy atom. The van der Waals surface area contributed by atoms with Gasteiger partial charge in [-0.1, -0.05) is 63.4 Å². The summed E-state index contributed by atoms with van der Waals surface area (Å²) in [7, 11) is 1.68. The molecular formula is C15H15I2NO2. The largest absolute Gasteiger partial charge is 0.496 e.